The van der Waals surface area contributed by atoms with Gasteiger partial charge in [0.2, 0.25) is 0 Å². The van der Waals surface area contributed by atoms with Crippen molar-refractivity contribution in [1.82, 2.24) is 0 Å². The molecule has 0 fully saturated rings. The number of benzene rings is 1. The van der Waals surface area contributed by atoms with Crippen LogP contribution in [0.2, 0.25) is 5.02 Å². The molecule has 0 saturated carbocycles. The second kappa shape index (κ2) is 6.28. The number of hydrogen-bond acceptors (Lipinski definition) is 2. The van der Waals surface area contributed by atoms with Gasteiger partial charge in [-0.2, -0.15) is 13.2 Å². The Bertz CT molecular complexity index is 469. The van der Waals surface area contributed by atoms with Gasteiger partial charge in [-0.25, -0.2) is 4.99 Å². The summed E-state index contributed by atoms with van der Waals surface area (Å²) in [4.78, 5) is 4.10. The second-order valence-electron chi connectivity index (χ2n) is 4.20. The Morgan fingerprint density at radius 2 is 2.00 bits per heavy atom. The van der Waals surface area contributed by atoms with Crippen molar-refractivity contribution in [2.24, 2.45) is 10.9 Å². The molecular formula is C13H15ClF3NO. The molecular weight excluding hydrogens is 279 g/mol. The zero-order valence-corrected chi connectivity index (χ0v) is 11.6. The summed E-state index contributed by atoms with van der Waals surface area (Å²) < 4.78 is 43.4. The second-order valence-corrected chi connectivity index (χ2v) is 4.61. The fraction of sp³-hybridized carbons (Fsp3) is 0.462. The van der Waals surface area contributed by atoms with E-state index in [2.05, 4.69) is 4.99 Å². The predicted molar refractivity (Wildman–Crippen MR) is 70.0 cm³/mol. The minimum Gasteiger partial charge on any atom is -0.481 e. The molecule has 6 heteroatoms. The molecule has 0 bridgehead atoms. The van der Waals surface area contributed by atoms with Crippen LogP contribution in [0.25, 0.3) is 0 Å². The molecule has 0 amide bonds. The zero-order chi connectivity index (χ0) is 14.6. The smallest absolute Gasteiger partial charge is 0.417 e. The van der Waals surface area contributed by atoms with Crippen LogP contribution in [0.4, 0.5) is 18.9 Å². The molecule has 1 aromatic rings. The van der Waals surface area contributed by atoms with Gasteiger partial charge < -0.3 is 4.74 Å². The SMILES string of the molecule is CCOC(=Nc1ccc(Cl)c(C(F)(F)F)c1)C(C)C. The third-order valence-electron chi connectivity index (χ3n) is 2.28. The summed E-state index contributed by atoms with van der Waals surface area (Å²) in [5, 5.41) is -0.339. The van der Waals surface area contributed by atoms with Gasteiger partial charge >= 0.3 is 6.18 Å². The summed E-state index contributed by atoms with van der Waals surface area (Å²) in [5.74, 6) is 0.392. The lowest BCUT2D eigenvalue weighted by Gasteiger charge is -2.12. The van der Waals surface area contributed by atoms with Crippen molar-refractivity contribution in [2.45, 2.75) is 26.9 Å². The van der Waals surface area contributed by atoms with Gasteiger partial charge in [0.05, 0.1) is 22.9 Å². The fourth-order valence-electron chi connectivity index (χ4n) is 1.40. The van der Waals surface area contributed by atoms with Crippen molar-refractivity contribution in [3.63, 3.8) is 0 Å². The summed E-state index contributed by atoms with van der Waals surface area (Å²) in [6, 6.07) is 3.54. The number of halogens is 4. The standard InChI is InChI=1S/C13H15ClF3NO/c1-4-19-12(8(2)3)18-9-5-6-11(14)10(7-9)13(15,16)17/h5-8H,4H2,1-3H3. The number of ether oxygens (including phenoxy) is 1. The lowest BCUT2D eigenvalue weighted by Crippen LogP contribution is -2.12. The van der Waals surface area contributed by atoms with Crippen molar-refractivity contribution in [2.75, 3.05) is 6.61 Å². The number of nitrogens with zero attached hydrogens (tertiary/aromatic N) is 1. The fourth-order valence-corrected chi connectivity index (χ4v) is 1.63. The number of alkyl halides is 3. The van der Waals surface area contributed by atoms with Gasteiger partial charge in [0, 0.05) is 5.92 Å². The molecule has 0 radical (unpaired) electrons. The van der Waals surface area contributed by atoms with E-state index in [1.54, 1.807) is 6.92 Å². The summed E-state index contributed by atoms with van der Waals surface area (Å²) >= 11 is 5.54. The van der Waals surface area contributed by atoms with Crippen LogP contribution < -0.4 is 0 Å². The van der Waals surface area contributed by atoms with E-state index >= 15 is 0 Å². The van der Waals surface area contributed by atoms with Crippen LogP contribution in [0.3, 0.4) is 0 Å². The Labute approximate surface area is 115 Å². The van der Waals surface area contributed by atoms with Gasteiger partial charge in [-0.15, -0.1) is 0 Å². The van der Waals surface area contributed by atoms with Gasteiger partial charge in [-0.3, -0.25) is 0 Å². The molecule has 0 aromatic heterocycles. The van der Waals surface area contributed by atoms with E-state index in [4.69, 9.17) is 16.3 Å². The quantitative estimate of drug-likeness (QED) is 0.562. The monoisotopic (exact) mass is 293 g/mol. The minimum atomic E-state index is -4.49. The largest absolute Gasteiger partial charge is 0.481 e. The average Bonchev–Trinajstić information content (AvgIpc) is 2.29. The molecule has 0 N–H and O–H groups in total. The van der Waals surface area contributed by atoms with Gasteiger partial charge in [-0.1, -0.05) is 25.4 Å². The van der Waals surface area contributed by atoms with Crippen LogP contribution in [0.15, 0.2) is 23.2 Å². The molecule has 1 aromatic carbocycles. The summed E-state index contributed by atoms with van der Waals surface area (Å²) in [6.07, 6.45) is -4.49. The van der Waals surface area contributed by atoms with Gasteiger partial charge in [0.1, 0.15) is 0 Å². The number of aliphatic imine (C=N–C) groups is 1. The lowest BCUT2D eigenvalue weighted by molar-refractivity contribution is -0.137. The van der Waals surface area contributed by atoms with Crippen molar-refractivity contribution < 1.29 is 17.9 Å². The molecule has 0 aliphatic heterocycles. The molecule has 106 valence electrons. The first-order chi connectivity index (χ1) is 8.75. The molecule has 0 atom stereocenters. The Balaban J connectivity index is 3.18. The number of rotatable bonds is 3. The topological polar surface area (TPSA) is 21.6 Å². The van der Waals surface area contributed by atoms with Crippen LogP contribution in [0, 0.1) is 5.92 Å². The highest BCUT2D eigenvalue weighted by Crippen LogP contribution is 2.36. The third-order valence-corrected chi connectivity index (χ3v) is 2.61. The van der Waals surface area contributed by atoms with Crippen LogP contribution in [0.1, 0.15) is 26.3 Å². The maximum absolute atomic E-state index is 12.7. The average molecular weight is 294 g/mol. The van der Waals surface area contributed by atoms with Crippen LogP contribution in [-0.4, -0.2) is 12.5 Å². The first kappa shape index (κ1) is 15.8. The number of hydrogen-bond donors (Lipinski definition) is 0. The minimum absolute atomic E-state index is 0.00929. The van der Waals surface area contributed by atoms with Crippen LogP contribution >= 0.6 is 11.6 Å². The molecule has 1 rings (SSSR count). The van der Waals surface area contributed by atoms with Crippen molar-refractivity contribution >= 4 is 23.2 Å². The summed E-state index contributed by atoms with van der Waals surface area (Å²) in [7, 11) is 0. The highest BCUT2D eigenvalue weighted by Gasteiger charge is 2.33. The molecule has 2 nitrogen and oxygen atoms in total. The van der Waals surface area contributed by atoms with E-state index in [1.807, 2.05) is 13.8 Å². The third kappa shape index (κ3) is 4.42. The predicted octanol–water partition coefficient (Wildman–Crippen LogP) is 5.08. The maximum atomic E-state index is 12.7. The van der Waals surface area contributed by atoms with Crippen molar-refractivity contribution in [1.29, 1.82) is 0 Å². The van der Waals surface area contributed by atoms with E-state index in [-0.39, 0.29) is 16.6 Å². The Hall–Kier alpha value is -1.23. The normalized spacial score (nSPS) is 12.9. The molecule has 0 aliphatic rings. The Morgan fingerprint density at radius 3 is 2.47 bits per heavy atom. The molecule has 19 heavy (non-hydrogen) atoms. The molecule has 0 aliphatic carbocycles. The van der Waals surface area contributed by atoms with Gasteiger partial charge in [0.25, 0.3) is 0 Å². The van der Waals surface area contributed by atoms with E-state index in [0.29, 0.717) is 12.5 Å². The van der Waals surface area contributed by atoms with E-state index in [1.165, 1.54) is 12.1 Å². The zero-order valence-electron chi connectivity index (χ0n) is 10.9. The Morgan fingerprint density at radius 1 is 1.37 bits per heavy atom. The molecule has 0 heterocycles. The molecule has 0 saturated heterocycles. The first-order valence-corrected chi connectivity index (χ1v) is 6.21. The highest BCUT2D eigenvalue weighted by atomic mass is 35.5. The van der Waals surface area contributed by atoms with Crippen LogP contribution in [-0.2, 0) is 10.9 Å². The summed E-state index contributed by atoms with van der Waals surface area (Å²) in [6.45, 7) is 5.92. The molecule has 0 spiro atoms. The van der Waals surface area contributed by atoms with Crippen molar-refractivity contribution in [3.05, 3.63) is 28.8 Å². The first-order valence-electron chi connectivity index (χ1n) is 5.83. The van der Waals surface area contributed by atoms with E-state index in [0.717, 1.165) is 6.07 Å². The van der Waals surface area contributed by atoms with E-state index < -0.39 is 11.7 Å². The Kier molecular flexibility index (Phi) is 5.23. The summed E-state index contributed by atoms with van der Waals surface area (Å²) in [5.41, 5.74) is -0.719. The lowest BCUT2D eigenvalue weighted by atomic mass is 10.2. The molecule has 0 unspecified atom stereocenters. The van der Waals surface area contributed by atoms with Crippen LogP contribution in [0.5, 0.6) is 0 Å². The van der Waals surface area contributed by atoms with Gasteiger partial charge in [0.15, 0.2) is 5.90 Å². The van der Waals surface area contributed by atoms with Crippen molar-refractivity contribution in [3.8, 4) is 0 Å². The van der Waals surface area contributed by atoms with Gasteiger partial charge in [-0.05, 0) is 25.1 Å². The highest BCUT2D eigenvalue weighted by molar-refractivity contribution is 6.31. The maximum Gasteiger partial charge on any atom is 0.417 e. The van der Waals surface area contributed by atoms with E-state index in [9.17, 15) is 13.2 Å².